The van der Waals surface area contributed by atoms with Crippen molar-refractivity contribution in [3.8, 4) is 0 Å². The van der Waals surface area contributed by atoms with Crippen LogP contribution in [-0.2, 0) is 0 Å². The number of allylic oxidation sites excluding steroid dienone is 4. The summed E-state index contributed by atoms with van der Waals surface area (Å²) in [6.07, 6.45) is 7.71. The van der Waals surface area contributed by atoms with Crippen molar-refractivity contribution < 1.29 is 0 Å². The second kappa shape index (κ2) is 14.6. The first-order valence-corrected chi connectivity index (χ1v) is 14.6. The molecule has 0 unspecified atom stereocenters. The van der Waals surface area contributed by atoms with Crippen LogP contribution in [0.1, 0.15) is 61.3 Å². The van der Waals surface area contributed by atoms with Crippen LogP contribution in [0.15, 0.2) is 126 Å². The van der Waals surface area contributed by atoms with Crippen LogP contribution in [-0.4, -0.2) is 37.3 Å². The normalized spacial score (nSPS) is 16.1. The van der Waals surface area contributed by atoms with E-state index in [1.54, 1.807) is 0 Å². The van der Waals surface area contributed by atoms with E-state index in [0.717, 1.165) is 43.2 Å². The Morgan fingerprint density at radius 2 is 1.50 bits per heavy atom. The molecule has 0 amide bonds. The molecule has 0 saturated carbocycles. The molecule has 0 aliphatic carbocycles. The van der Waals surface area contributed by atoms with Crippen molar-refractivity contribution in [1.82, 2.24) is 10.2 Å². The summed E-state index contributed by atoms with van der Waals surface area (Å²) >= 11 is 0. The molecule has 40 heavy (non-hydrogen) atoms. The maximum Gasteiger partial charge on any atom is 0.0708 e. The zero-order valence-electron chi connectivity index (χ0n) is 24.7. The number of hydrogen-bond donors (Lipinski definition) is 1. The molecule has 4 rings (SSSR count). The third kappa shape index (κ3) is 7.92. The number of hydrogen-bond acceptors (Lipinski definition) is 3. The van der Waals surface area contributed by atoms with E-state index in [4.69, 9.17) is 4.99 Å². The average Bonchev–Trinajstić information content (AvgIpc) is 2.98. The molecule has 1 heterocycles. The zero-order valence-corrected chi connectivity index (χ0v) is 24.7. The lowest BCUT2D eigenvalue weighted by molar-refractivity contribution is 0.179. The van der Waals surface area contributed by atoms with Crippen molar-refractivity contribution in [3.05, 3.63) is 143 Å². The minimum Gasteiger partial charge on any atom is -0.387 e. The predicted molar refractivity (Wildman–Crippen MR) is 172 cm³/mol. The average molecular weight is 532 g/mol. The van der Waals surface area contributed by atoms with Gasteiger partial charge in [-0.05, 0) is 87.9 Å². The van der Waals surface area contributed by atoms with Gasteiger partial charge in [-0.25, -0.2) is 0 Å². The van der Waals surface area contributed by atoms with Gasteiger partial charge in [-0.2, -0.15) is 0 Å². The first kappa shape index (κ1) is 29.3. The van der Waals surface area contributed by atoms with Gasteiger partial charge in [0, 0.05) is 25.1 Å². The highest BCUT2D eigenvalue weighted by atomic mass is 15.1. The molecule has 1 saturated heterocycles. The van der Waals surface area contributed by atoms with Gasteiger partial charge in [0.2, 0.25) is 0 Å². The molecule has 3 nitrogen and oxygen atoms in total. The number of aliphatic imine (C=N–C) groups is 1. The molecule has 3 aromatic carbocycles. The summed E-state index contributed by atoms with van der Waals surface area (Å²) in [6.45, 7) is 13.8. The summed E-state index contributed by atoms with van der Waals surface area (Å²) in [7, 11) is 1.92. The number of rotatable bonds is 11. The Kier molecular flexibility index (Phi) is 10.7. The molecule has 3 heteroatoms. The first-order valence-electron chi connectivity index (χ1n) is 14.6. The van der Waals surface area contributed by atoms with Crippen molar-refractivity contribution in [3.63, 3.8) is 0 Å². The second-order valence-corrected chi connectivity index (χ2v) is 11.1. The van der Waals surface area contributed by atoms with Gasteiger partial charge in [-0.3, -0.25) is 4.99 Å². The molecule has 3 aromatic rings. The van der Waals surface area contributed by atoms with Crippen LogP contribution < -0.4 is 5.32 Å². The molecular formula is C37H45N3. The molecular weight excluding hydrogens is 486 g/mol. The number of likely N-dealkylation sites (tertiary alicyclic amines) is 1. The van der Waals surface area contributed by atoms with Crippen molar-refractivity contribution in [2.45, 2.75) is 46.0 Å². The van der Waals surface area contributed by atoms with Gasteiger partial charge >= 0.3 is 0 Å². The Morgan fingerprint density at radius 3 is 2.05 bits per heavy atom. The van der Waals surface area contributed by atoms with E-state index >= 15 is 0 Å². The number of piperidine rings is 1. The number of nitrogens with one attached hydrogen (secondary N) is 1. The lowest BCUT2D eigenvalue weighted by Crippen LogP contribution is -2.37. The van der Waals surface area contributed by atoms with Crippen LogP contribution in [0.5, 0.6) is 0 Å². The Hall–Kier alpha value is -3.69. The molecule has 1 aliphatic heterocycles. The SMILES string of the molecule is C=C/C(NC)=C(C)/N=C(\C=C(/C)CC1CCN(CC(c2ccccc2)c2ccccc2)CC1)c1ccccc1C. The zero-order chi connectivity index (χ0) is 28.3. The fourth-order valence-electron chi connectivity index (χ4n) is 5.86. The fourth-order valence-corrected chi connectivity index (χ4v) is 5.86. The molecule has 0 spiro atoms. The summed E-state index contributed by atoms with van der Waals surface area (Å²) in [5.74, 6) is 1.11. The van der Waals surface area contributed by atoms with Crippen LogP contribution in [0.25, 0.3) is 0 Å². The Labute approximate surface area is 242 Å². The fraction of sp³-hybridized carbons (Fsp3) is 0.324. The van der Waals surface area contributed by atoms with Crippen LogP contribution in [0.2, 0.25) is 0 Å². The van der Waals surface area contributed by atoms with Crippen molar-refractivity contribution in [1.29, 1.82) is 0 Å². The maximum absolute atomic E-state index is 5.06. The molecule has 0 radical (unpaired) electrons. The second-order valence-electron chi connectivity index (χ2n) is 11.1. The van der Waals surface area contributed by atoms with Crippen LogP contribution in [0, 0.1) is 12.8 Å². The van der Waals surface area contributed by atoms with E-state index in [-0.39, 0.29) is 0 Å². The van der Waals surface area contributed by atoms with Crippen LogP contribution >= 0.6 is 0 Å². The summed E-state index contributed by atoms with van der Waals surface area (Å²) < 4.78 is 0. The highest BCUT2D eigenvalue weighted by Gasteiger charge is 2.23. The van der Waals surface area contributed by atoms with Gasteiger partial charge in [0.05, 0.1) is 17.1 Å². The van der Waals surface area contributed by atoms with E-state index < -0.39 is 0 Å². The maximum atomic E-state index is 5.06. The summed E-state index contributed by atoms with van der Waals surface area (Å²) in [5.41, 5.74) is 9.54. The van der Waals surface area contributed by atoms with E-state index in [1.807, 2.05) is 20.0 Å². The molecule has 0 atom stereocenters. The number of nitrogens with zero attached hydrogens (tertiary/aromatic N) is 2. The van der Waals surface area contributed by atoms with Gasteiger partial charge in [0.25, 0.3) is 0 Å². The van der Waals surface area contributed by atoms with Gasteiger partial charge in [0.15, 0.2) is 0 Å². The van der Waals surface area contributed by atoms with E-state index in [1.165, 1.54) is 40.7 Å². The summed E-state index contributed by atoms with van der Waals surface area (Å²) in [4.78, 5) is 7.73. The van der Waals surface area contributed by atoms with Crippen molar-refractivity contribution in [2.24, 2.45) is 10.9 Å². The largest absolute Gasteiger partial charge is 0.387 e. The topological polar surface area (TPSA) is 27.6 Å². The third-order valence-corrected chi connectivity index (χ3v) is 8.12. The number of aryl methyl sites for hydroxylation is 1. The first-order chi connectivity index (χ1) is 19.5. The van der Waals surface area contributed by atoms with Gasteiger partial charge in [-0.15, -0.1) is 0 Å². The smallest absolute Gasteiger partial charge is 0.0708 e. The van der Waals surface area contributed by atoms with Crippen molar-refractivity contribution >= 4 is 5.71 Å². The lowest BCUT2D eigenvalue weighted by Gasteiger charge is -2.35. The standard InChI is InChI=1S/C37H45N3/c1-6-36(38-5)30(4)39-37(34-20-14-13-15-29(34)3)26-28(2)25-31-21-23-40(24-22-31)27-35(32-16-9-7-10-17-32)33-18-11-8-12-19-33/h6-20,26,31,35,38H,1,21-25,27H2,2-5H3/b28-26+,36-30-,39-37+. The summed E-state index contributed by atoms with van der Waals surface area (Å²) in [5, 5.41) is 3.21. The summed E-state index contributed by atoms with van der Waals surface area (Å²) in [6, 6.07) is 30.5. The third-order valence-electron chi connectivity index (χ3n) is 8.12. The van der Waals surface area contributed by atoms with E-state index in [0.29, 0.717) is 11.8 Å². The predicted octanol–water partition coefficient (Wildman–Crippen LogP) is 8.30. The van der Waals surface area contributed by atoms with Gasteiger partial charge in [-0.1, -0.05) is 97.1 Å². The van der Waals surface area contributed by atoms with Crippen LogP contribution in [0.3, 0.4) is 0 Å². The quantitative estimate of drug-likeness (QED) is 0.199. The van der Waals surface area contributed by atoms with Gasteiger partial charge < -0.3 is 10.2 Å². The van der Waals surface area contributed by atoms with E-state index in [2.05, 4.69) is 122 Å². The number of benzene rings is 3. The van der Waals surface area contributed by atoms with Crippen LogP contribution in [0.4, 0.5) is 0 Å². The Morgan fingerprint density at radius 1 is 0.925 bits per heavy atom. The molecule has 0 bridgehead atoms. The minimum atomic E-state index is 0.405. The Balaban J connectivity index is 1.44. The minimum absolute atomic E-state index is 0.405. The molecule has 208 valence electrons. The monoisotopic (exact) mass is 531 g/mol. The van der Waals surface area contributed by atoms with Gasteiger partial charge in [0.1, 0.15) is 0 Å². The van der Waals surface area contributed by atoms with E-state index in [9.17, 15) is 0 Å². The molecule has 0 aromatic heterocycles. The molecule has 1 N–H and O–H groups in total. The highest BCUT2D eigenvalue weighted by Crippen LogP contribution is 2.30. The number of likely N-dealkylation sites (N-methyl/N-ethyl adjacent to an activating group) is 1. The lowest BCUT2D eigenvalue weighted by atomic mass is 9.87. The highest BCUT2D eigenvalue weighted by molar-refractivity contribution is 6.10. The molecule has 1 fully saturated rings. The Bertz CT molecular complexity index is 1290. The molecule has 1 aliphatic rings. The van der Waals surface area contributed by atoms with Crippen molar-refractivity contribution in [2.75, 3.05) is 26.7 Å².